The van der Waals surface area contributed by atoms with Gasteiger partial charge in [0.1, 0.15) is 5.70 Å². The lowest BCUT2D eigenvalue weighted by Gasteiger charge is -2.17. The number of aryl methyl sites for hydroxylation is 2. The Hall–Kier alpha value is -1.99. The minimum Gasteiger partial charge on any atom is -0.327 e. The molecule has 2 aromatic rings. The van der Waals surface area contributed by atoms with Crippen molar-refractivity contribution in [2.24, 2.45) is 7.05 Å². The van der Waals surface area contributed by atoms with E-state index in [1.165, 1.54) is 0 Å². The zero-order valence-corrected chi connectivity index (χ0v) is 15.1. The highest BCUT2D eigenvalue weighted by atomic mass is 79.9. The van der Waals surface area contributed by atoms with Crippen LogP contribution < -0.4 is 10.2 Å². The highest BCUT2D eigenvalue weighted by Crippen LogP contribution is 2.27. The maximum Gasteiger partial charge on any atom is 0.281 e. The highest BCUT2D eigenvalue weighted by Gasteiger charge is 2.33. The summed E-state index contributed by atoms with van der Waals surface area (Å²) >= 11 is 8.79. The molecular formula is C16H15BrN4OS. The van der Waals surface area contributed by atoms with E-state index >= 15 is 0 Å². The number of hydrogen-bond acceptors (Lipinski definition) is 3. The number of amides is 1. The summed E-state index contributed by atoms with van der Waals surface area (Å²) in [4.78, 5) is 14.3. The number of nitrogens with one attached hydrogen (secondary N) is 1. The van der Waals surface area contributed by atoms with Gasteiger partial charge in [-0.05, 0) is 52.3 Å². The van der Waals surface area contributed by atoms with Gasteiger partial charge in [0.05, 0.1) is 22.1 Å². The third-order valence-corrected chi connectivity index (χ3v) is 4.61. The molecule has 0 aliphatic carbocycles. The monoisotopic (exact) mass is 390 g/mol. The van der Waals surface area contributed by atoms with Crippen LogP contribution in [-0.4, -0.2) is 20.8 Å². The Balaban J connectivity index is 2.01. The molecule has 7 heteroatoms. The lowest BCUT2D eigenvalue weighted by atomic mass is 10.1. The van der Waals surface area contributed by atoms with Gasteiger partial charge in [-0.2, -0.15) is 5.10 Å². The first-order valence-electron chi connectivity index (χ1n) is 7.15. The molecule has 1 aliphatic rings. The van der Waals surface area contributed by atoms with E-state index in [0.29, 0.717) is 10.8 Å². The smallest absolute Gasteiger partial charge is 0.281 e. The molecular weight excluding hydrogens is 376 g/mol. The molecule has 0 saturated carbocycles. The normalized spacial score (nSPS) is 16.3. The second-order valence-corrected chi connectivity index (χ2v) is 6.35. The molecule has 0 bridgehead atoms. The van der Waals surface area contributed by atoms with Crippen LogP contribution in [-0.2, 0) is 18.3 Å². The van der Waals surface area contributed by atoms with Crippen LogP contribution in [0.25, 0.3) is 6.08 Å². The summed E-state index contributed by atoms with van der Waals surface area (Å²) in [5.74, 6) is -0.163. The van der Waals surface area contributed by atoms with Gasteiger partial charge in [0.25, 0.3) is 5.91 Å². The van der Waals surface area contributed by atoms with Crippen molar-refractivity contribution >= 4 is 50.9 Å². The van der Waals surface area contributed by atoms with Crippen molar-refractivity contribution in [3.05, 3.63) is 51.9 Å². The summed E-state index contributed by atoms with van der Waals surface area (Å²) in [5, 5.41) is 7.54. The molecule has 23 heavy (non-hydrogen) atoms. The Morgan fingerprint density at radius 1 is 1.39 bits per heavy atom. The number of anilines is 1. The van der Waals surface area contributed by atoms with Crippen LogP contribution in [0.15, 0.2) is 40.6 Å². The first kappa shape index (κ1) is 15.9. The van der Waals surface area contributed by atoms with E-state index in [9.17, 15) is 4.79 Å². The number of para-hydroxylation sites is 1. The SMILES string of the molecule is CCc1ccccc1N1C(=O)/C(=C\c2c(Br)cnn2C)NC1=S. The average Bonchev–Trinajstić information content (AvgIpc) is 3.01. The lowest BCUT2D eigenvalue weighted by molar-refractivity contribution is -0.113. The van der Waals surface area contributed by atoms with E-state index in [1.807, 2.05) is 31.3 Å². The second kappa shape index (κ2) is 6.25. The van der Waals surface area contributed by atoms with E-state index in [2.05, 4.69) is 33.3 Å². The van der Waals surface area contributed by atoms with E-state index in [4.69, 9.17) is 12.2 Å². The minimum atomic E-state index is -0.163. The predicted octanol–water partition coefficient (Wildman–Crippen LogP) is 3.01. The largest absolute Gasteiger partial charge is 0.327 e. The van der Waals surface area contributed by atoms with Gasteiger partial charge in [-0.15, -0.1) is 0 Å². The van der Waals surface area contributed by atoms with E-state index in [-0.39, 0.29) is 5.91 Å². The van der Waals surface area contributed by atoms with Crippen molar-refractivity contribution in [1.82, 2.24) is 15.1 Å². The first-order chi connectivity index (χ1) is 11.0. The lowest BCUT2D eigenvalue weighted by Crippen LogP contribution is -2.31. The van der Waals surface area contributed by atoms with Gasteiger partial charge in [0.2, 0.25) is 0 Å². The van der Waals surface area contributed by atoms with E-state index < -0.39 is 0 Å². The fourth-order valence-electron chi connectivity index (χ4n) is 2.50. The van der Waals surface area contributed by atoms with Crippen LogP contribution in [0.2, 0.25) is 0 Å². The number of nitrogens with zero attached hydrogens (tertiary/aromatic N) is 3. The van der Waals surface area contributed by atoms with Gasteiger partial charge in [-0.25, -0.2) is 0 Å². The van der Waals surface area contributed by atoms with Crippen molar-refractivity contribution in [2.45, 2.75) is 13.3 Å². The molecule has 0 spiro atoms. The van der Waals surface area contributed by atoms with E-state index in [1.54, 1.807) is 21.9 Å². The zero-order valence-electron chi connectivity index (χ0n) is 12.7. The molecule has 1 aromatic heterocycles. The molecule has 1 saturated heterocycles. The summed E-state index contributed by atoms with van der Waals surface area (Å²) < 4.78 is 2.51. The van der Waals surface area contributed by atoms with Crippen LogP contribution in [0.3, 0.4) is 0 Å². The summed E-state index contributed by atoms with van der Waals surface area (Å²) in [5.41, 5.74) is 3.14. The minimum absolute atomic E-state index is 0.163. The fraction of sp³-hybridized carbons (Fsp3) is 0.188. The number of halogens is 1. The predicted molar refractivity (Wildman–Crippen MR) is 97.9 cm³/mol. The summed E-state index contributed by atoms with van der Waals surface area (Å²) in [6, 6.07) is 7.78. The Morgan fingerprint density at radius 3 is 2.78 bits per heavy atom. The number of thiocarbonyl (C=S) groups is 1. The third kappa shape index (κ3) is 2.82. The molecule has 0 unspecified atom stereocenters. The molecule has 1 fully saturated rings. The van der Waals surface area contributed by atoms with Crippen molar-refractivity contribution < 1.29 is 4.79 Å². The molecule has 2 heterocycles. The quantitative estimate of drug-likeness (QED) is 0.646. The Morgan fingerprint density at radius 2 is 2.13 bits per heavy atom. The standard InChI is InChI=1S/C16H15BrN4OS/c1-3-10-6-4-5-7-13(10)21-15(22)12(19-16(21)23)8-14-11(17)9-18-20(14)2/h4-9H,3H2,1-2H3,(H,19,23)/b12-8+. The number of benzene rings is 1. The number of aromatic nitrogens is 2. The zero-order chi connectivity index (χ0) is 16.6. The Bertz CT molecular complexity index is 808. The number of rotatable bonds is 3. The van der Waals surface area contributed by atoms with Crippen LogP contribution in [0, 0.1) is 0 Å². The molecule has 0 atom stereocenters. The maximum atomic E-state index is 12.8. The van der Waals surface area contributed by atoms with Crippen LogP contribution in [0.5, 0.6) is 0 Å². The van der Waals surface area contributed by atoms with Crippen LogP contribution in [0.4, 0.5) is 5.69 Å². The molecule has 118 valence electrons. The van der Waals surface area contributed by atoms with Crippen molar-refractivity contribution in [3.63, 3.8) is 0 Å². The van der Waals surface area contributed by atoms with Crippen molar-refractivity contribution in [3.8, 4) is 0 Å². The number of hydrogen-bond donors (Lipinski definition) is 1. The molecule has 1 aliphatic heterocycles. The van der Waals surface area contributed by atoms with Gasteiger partial charge in [0.15, 0.2) is 5.11 Å². The van der Waals surface area contributed by atoms with Crippen LogP contribution in [0.1, 0.15) is 18.2 Å². The third-order valence-electron chi connectivity index (χ3n) is 3.71. The topological polar surface area (TPSA) is 50.2 Å². The maximum absolute atomic E-state index is 12.8. The fourth-order valence-corrected chi connectivity index (χ4v) is 3.25. The second-order valence-electron chi connectivity index (χ2n) is 5.11. The molecule has 1 amide bonds. The molecule has 3 rings (SSSR count). The molecule has 5 nitrogen and oxygen atoms in total. The molecule has 0 radical (unpaired) electrons. The highest BCUT2D eigenvalue weighted by molar-refractivity contribution is 9.10. The van der Waals surface area contributed by atoms with Crippen LogP contribution >= 0.6 is 28.1 Å². The summed E-state index contributed by atoms with van der Waals surface area (Å²) in [6.45, 7) is 2.05. The van der Waals surface area contributed by atoms with Gasteiger partial charge in [-0.3, -0.25) is 14.4 Å². The number of carbonyl (C=O) groups excluding carboxylic acids is 1. The summed E-state index contributed by atoms with van der Waals surface area (Å²) in [6.07, 6.45) is 4.27. The van der Waals surface area contributed by atoms with Gasteiger partial charge < -0.3 is 5.32 Å². The first-order valence-corrected chi connectivity index (χ1v) is 8.35. The van der Waals surface area contributed by atoms with Gasteiger partial charge >= 0.3 is 0 Å². The molecule has 1 aromatic carbocycles. The Labute approximate surface area is 148 Å². The van der Waals surface area contributed by atoms with Gasteiger partial charge in [0, 0.05) is 7.05 Å². The van der Waals surface area contributed by atoms with Crippen molar-refractivity contribution in [1.29, 1.82) is 0 Å². The van der Waals surface area contributed by atoms with Gasteiger partial charge in [-0.1, -0.05) is 25.1 Å². The number of carbonyl (C=O) groups is 1. The average molecular weight is 391 g/mol. The van der Waals surface area contributed by atoms with E-state index in [0.717, 1.165) is 27.8 Å². The van der Waals surface area contributed by atoms with Crippen molar-refractivity contribution in [2.75, 3.05) is 4.90 Å². The Kier molecular flexibility index (Phi) is 4.32. The molecule has 1 N–H and O–H groups in total. The summed E-state index contributed by atoms with van der Waals surface area (Å²) in [7, 11) is 1.82.